The lowest BCUT2D eigenvalue weighted by molar-refractivity contribution is -0.127. The highest BCUT2D eigenvalue weighted by Gasteiger charge is 2.27. The summed E-state index contributed by atoms with van der Waals surface area (Å²) >= 11 is 1.69. The third-order valence-electron chi connectivity index (χ3n) is 2.70. The minimum absolute atomic E-state index is 0.125. The normalized spacial score (nSPS) is 20.6. The second-order valence-electron chi connectivity index (χ2n) is 3.79. The van der Waals surface area contributed by atoms with E-state index in [1.165, 1.54) is 5.56 Å². The molecule has 3 heteroatoms. The van der Waals surface area contributed by atoms with Gasteiger partial charge in [0.15, 0.2) is 0 Å². The molecule has 1 atom stereocenters. The van der Waals surface area contributed by atoms with Crippen LogP contribution < -0.4 is 0 Å². The van der Waals surface area contributed by atoms with Crippen LogP contribution in [0.2, 0.25) is 0 Å². The summed E-state index contributed by atoms with van der Waals surface area (Å²) in [6.45, 7) is 1.53. The zero-order valence-electron chi connectivity index (χ0n) is 8.48. The van der Waals surface area contributed by atoms with Crippen LogP contribution in [0.15, 0.2) is 16.8 Å². The lowest BCUT2D eigenvalue weighted by Gasteiger charge is -2.14. The van der Waals surface area contributed by atoms with Crippen molar-refractivity contribution in [1.29, 1.82) is 0 Å². The van der Waals surface area contributed by atoms with Gasteiger partial charge in [0.05, 0.1) is 0 Å². The van der Waals surface area contributed by atoms with E-state index >= 15 is 0 Å². The summed E-state index contributed by atoms with van der Waals surface area (Å²) in [4.78, 5) is 13.4. The molecule has 0 aromatic carbocycles. The molecule has 1 aliphatic rings. The van der Waals surface area contributed by atoms with Crippen molar-refractivity contribution in [2.45, 2.75) is 12.8 Å². The molecule has 1 fully saturated rings. The monoisotopic (exact) mass is 219 g/mol. The molecule has 1 saturated heterocycles. The third-order valence-corrected chi connectivity index (χ3v) is 3.43. The first-order valence-electron chi connectivity index (χ1n) is 5.04. The Labute approximate surface area is 93.9 Å². The maximum atomic E-state index is 11.5. The number of likely N-dealkylation sites (tertiary alicyclic amines) is 1. The Bertz CT molecular complexity index is 377. The van der Waals surface area contributed by atoms with Gasteiger partial charge in [-0.2, -0.15) is 11.3 Å². The van der Waals surface area contributed by atoms with Crippen LogP contribution in [0, 0.1) is 18.3 Å². The van der Waals surface area contributed by atoms with E-state index in [1.54, 1.807) is 11.3 Å². The van der Waals surface area contributed by atoms with Gasteiger partial charge in [0, 0.05) is 25.4 Å². The summed E-state index contributed by atoms with van der Waals surface area (Å²) in [6, 6.07) is 2.10. The Balaban J connectivity index is 1.86. The van der Waals surface area contributed by atoms with Crippen molar-refractivity contribution >= 4 is 17.2 Å². The molecule has 2 heterocycles. The maximum Gasteiger partial charge on any atom is 0.223 e. The molecule has 0 N–H and O–H groups in total. The van der Waals surface area contributed by atoms with E-state index in [-0.39, 0.29) is 11.8 Å². The third kappa shape index (κ3) is 2.40. The van der Waals surface area contributed by atoms with E-state index in [2.05, 4.69) is 22.7 Å². The highest BCUT2D eigenvalue weighted by molar-refractivity contribution is 7.07. The van der Waals surface area contributed by atoms with Gasteiger partial charge in [0.2, 0.25) is 5.91 Å². The number of terminal acetylenes is 1. The predicted molar refractivity (Wildman–Crippen MR) is 61.5 cm³/mol. The van der Waals surface area contributed by atoms with Crippen LogP contribution in [0.4, 0.5) is 0 Å². The molecule has 2 rings (SSSR count). The second kappa shape index (κ2) is 4.50. The Hall–Kier alpha value is -1.27. The highest BCUT2D eigenvalue weighted by atomic mass is 32.1. The van der Waals surface area contributed by atoms with Crippen LogP contribution in [-0.2, 0) is 11.2 Å². The molecule has 1 amide bonds. The molecule has 1 aromatic heterocycles. The van der Waals surface area contributed by atoms with Crippen molar-refractivity contribution < 1.29 is 4.79 Å². The summed E-state index contributed by atoms with van der Waals surface area (Å²) in [5.41, 5.74) is 1.30. The van der Waals surface area contributed by atoms with Gasteiger partial charge in [-0.1, -0.05) is 0 Å². The molecule has 15 heavy (non-hydrogen) atoms. The smallest absolute Gasteiger partial charge is 0.223 e. The van der Waals surface area contributed by atoms with Gasteiger partial charge in [-0.3, -0.25) is 4.79 Å². The van der Waals surface area contributed by atoms with Crippen LogP contribution in [0.25, 0.3) is 0 Å². The molecule has 78 valence electrons. The SMILES string of the molecule is C#CC1CC(=O)N(CCc2ccsc2)C1. The van der Waals surface area contributed by atoms with E-state index in [0.29, 0.717) is 6.42 Å². The van der Waals surface area contributed by atoms with Crippen molar-refractivity contribution in [3.05, 3.63) is 22.4 Å². The van der Waals surface area contributed by atoms with Crippen LogP contribution in [-0.4, -0.2) is 23.9 Å². The number of amides is 1. The number of carbonyl (C=O) groups is 1. The van der Waals surface area contributed by atoms with E-state index in [0.717, 1.165) is 19.5 Å². The van der Waals surface area contributed by atoms with E-state index in [1.807, 2.05) is 4.90 Å². The Morgan fingerprint density at radius 3 is 3.13 bits per heavy atom. The number of nitrogens with zero attached hydrogens (tertiary/aromatic N) is 1. The first-order valence-corrected chi connectivity index (χ1v) is 5.99. The number of hydrogen-bond donors (Lipinski definition) is 0. The molecule has 2 nitrogen and oxygen atoms in total. The van der Waals surface area contributed by atoms with Gasteiger partial charge < -0.3 is 4.90 Å². The molecular weight excluding hydrogens is 206 g/mol. The zero-order valence-corrected chi connectivity index (χ0v) is 9.30. The first kappa shape index (κ1) is 10.3. The molecule has 1 aromatic rings. The van der Waals surface area contributed by atoms with E-state index in [4.69, 9.17) is 6.42 Å². The van der Waals surface area contributed by atoms with Gasteiger partial charge in [0.25, 0.3) is 0 Å². The van der Waals surface area contributed by atoms with Gasteiger partial charge in [0.1, 0.15) is 0 Å². The summed E-state index contributed by atoms with van der Waals surface area (Å²) < 4.78 is 0. The van der Waals surface area contributed by atoms with E-state index in [9.17, 15) is 4.79 Å². The molecule has 1 aliphatic heterocycles. The minimum Gasteiger partial charge on any atom is -0.341 e. The van der Waals surface area contributed by atoms with Crippen LogP contribution in [0.1, 0.15) is 12.0 Å². The summed E-state index contributed by atoms with van der Waals surface area (Å²) in [7, 11) is 0. The summed E-state index contributed by atoms with van der Waals surface area (Å²) in [5.74, 6) is 2.98. The van der Waals surface area contributed by atoms with Gasteiger partial charge in [-0.15, -0.1) is 12.3 Å². The van der Waals surface area contributed by atoms with Crippen molar-refractivity contribution in [3.8, 4) is 12.3 Å². The summed E-state index contributed by atoms with van der Waals surface area (Å²) in [5, 5.41) is 4.19. The Morgan fingerprint density at radius 1 is 1.67 bits per heavy atom. The Kier molecular flexibility index (Phi) is 3.08. The van der Waals surface area contributed by atoms with Gasteiger partial charge in [-0.05, 0) is 28.8 Å². The van der Waals surface area contributed by atoms with Crippen LogP contribution in [0.5, 0.6) is 0 Å². The highest BCUT2D eigenvalue weighted by Crippen LogP contribution is 2.17. The molecule has 0 aliphatic carbocycles. The maximum absolute atomic E-state index is 11.5. The van der Waals surface area contributed by atoms with Gasteiger partial charge in [-0.25, -0.2) is 0 Å². The lowest BCUT2D eigenvalue weighted by atomic mass is 10.1. The van der Waals surface area contributed by atoms with Crippen molar-refractivity contribution in [1.82, 2.24) is 4.90 Å². The quantitative estimate of drug-likeness (QED) is 0.710. The lowest BCUT2D eigenvalue weighted by Crippen LogP contribution is -2.27. The second-order valence-corrected chi connectivity index (χ2v) is 4.57. The largest absolute Gasteiger partial charge is 0.341 e. The molecule has 0 saturated carbocycles. The summed E-state index contributed by atoms with van der Waals surface area (Å²) in [6.07, 6.45) is 6.79. The topological polar surface area (TPSA) is 20.3 Å². The predicted octanol–water partition coefficient (Wildman–Crippen LogP) is 1.77. The number of hydrogen-bond acceptors (Lipinski definition) is 2. The van der Waals surface area contributed by atoms with E-state index < -0.39 is 0 Å². The van der Waals surface area contributed by atoms with Crippen molar-refractivity contribution in [2.75, 3.05) is 13.1 Å². The average molecular weight is 219 g/mol. The minimum atomic E-state index is 0.125. The molecule has 0 radical (unpaired) electrons. The first-order chi connectivity index (χ1) is 7.29. The van der Waals surface area contributed by atoms with Crippen molar-refractivity contribution in [3.63, 3.8) is 0 Å². The molecule has 0 spiro atoms. The fraction of sp³-hybridized carbons (Fsp3) is 0.417. The molecular formula is C12H13NOS. The number of rotatable bonds is 3. The standard InChI is InChI=1S/C12H13NOS/c1-2-10-7-12(14)13(8-10)5-3-11-4-6-15-9-11/h1,4,6,9-10H,3,5,7-8H2. The zero-order chi connectivity index (χ0) is 10.7. The molecule has 1 unspecified atom stereocenters. The average Bonchev–Trinajstić information content (AvgIpc) is 2.84. The fourth-order valence-corrected chi connectivity index (χ4v) is 2.50. The number of thiophene rings is 1. The van der Waals surface area contributed by atoms with Crippen LogP contribution >= 0.6 is 11.3 Å². The van der Waals surface area contributed by atoms with Gasteiger partial charge >= 0.3 is 0 Å². The fourth-order valence-electron chi connectivity index (χ4n) is 1.80. The van der Waals surface area contributed by atoms with Crippen LogP contribution in [0.3, 0.4) is 0 Å². The number of carbonyl (C=O) groups excluding carboxylic acids is 1. The van der Waals surface area contributed by atoms with Crippen molar-refractivity contribution in [2.24, 2.45) is 5.92 Å². The molecule has 0 bridgehead atoms. The Morgan fingerprint density at radius 2 is 2.53 bits per heavy atom.